The van der Waals surface area contributed by atoms with Crippen LogP contribution in [0.2, 0.25) is 0 Å². The molecule has 2 aromatic heterocycles. The molecule has 0 N–H and O–H groups in total. The van der Waals surface area contributed by atoms with Gasteiger partial charge in [0.05, 0.1) is 11.0 Å². The normalized spacial score (nSPS) is 13.7. The van der Waals surface area contributed by atoms with Crippen molar-refractivity contribution in [1.82, 2.24) is 9.13 Å². The number of carbonyl (C=O) groups is 1. The van der Waals surface area contributed by atoms with Crippen molar-refractivity contribution >= 4 is 39.9 Å². The van der Waals surface area contributed by atoms with Gasteiger partial charge in [-0.25, -0.2) is 4.79 Å². The molecule has 6 aromatic rings. The summed E-state index contributed by atoms with van der Waals surface area (Å²) in [7, 11) is 0. The Morgan fingerprint density at radius 2 is 1.26 bits per heavy atom. The molecular formula is C39H30N2O2. The minimum absolute atomic E-state index is 0.465. The Kier molecular flexibility index (Phi) is 6.00. The van der Waals surface area contributed by atoms with E-state index in [4.69, 9.17) is 4.74 Å². The van der Waals surface area contributed by atoms with Crippen LogP contribution in [0.15, 0.2) is 116 Å². The molecule has 0 saturated carbocycles. The fourth-order valence-corrected chi connectivity index (χ4v) is 6.80. The zero-order valence-electron chi connectivity index (χ0n) is 23.8. The first-order chi connectivity index (χ1) is 21.2. The van der Waals surface area contributed by atoms with E-state index in [1.807, 2.05) is 24.3 Å². The summed E-state index contributed by atoms with van der Waals surface area (Å²) in [5.74, 6) is 0.0412. The van der Waals surface area contributed by atoms with Gasteiger partial charge in [0.2, 0.25) is 0 Å². The molecule has 2 aliphatic rings. The highest BCUT2D eigenvalue weighted by Crippen LogP contribution is 2.37. The molecule has 0 aliphatic heterocycles. The third-order valence-electron chi connectivity index (χ3n) is 8.75. The largest absolute Gasteiger partial charge is 0.423 e. The number of para-hydroxylation sites is 1. The Hall–Kier alpha value is -5.35. The first-order valence-corrected chi connectivity index (χ1v) is 14.9. The van der Waals surface area contributed by atoms with E-state index in [0.717, 1.165) is 53.2 Å². The standard InChI is InChI=1S/C39H30N2O2/c1-2-39(42)43-30-23-24-38-34(25-30)33-11-5-8-14-37(33)41(38)29-21-17-27(18-22-29)26-15-19-28(20-16-26)40-35-12-6-3-9-31(35)32-10-4-7-13-36(32)40/h2,5-8,11-25H,1,3-4,9-10H2. The van der Waals surface area contributed by atoms with E-state index >= 15 is 0 Å². The maximum atomic E-state index is 11.8. The van der Waals surface area contributed by atoms with Crippen LogP contribution >= 0.6 is 0 Å². The predicted molar refractivity (Wildman–Crippen MR) is 176 cm³/mol. The zero-order valence-corrected chi connectivity index (χ0v) is 23.8. The second-order valence-corrected chi connectivity index (χ2v) is 11.2. The Bertz CT molecular complexity index is 2080. The fourth-order valence-electron chi connectivity index (χ4n) is 6.80. The molecule has 0 amide bonds. The van der Waals surface area contributed by atoms with Crippen LogP contribution in [-0.2, 0) is 17.6 Å². The summed E-state index contributed by atoms with van der Waals surface area (Å²) in [6.07, 6.45) is 14.9. The number of nitrogens with zero attached hydrogens (tertiary/aromatic N) is 2. The summed E-state index contributed by atoms with van der Waals surface area (Å²) < 4.78 is 10.1. The van der Waals surface area contributed by atoms with Crippen molar-refractivity contribution in [3.05, 3.63) is 138 Å². The maximum absolute atomic E-state index is 11.8. The molecule has 0 radical (unpaired) electrons. The molecule has 4 nitrogen and oxygen atoms in total. The highest BCUT2D eigenvalue weighted by atomic mass is 16.5. The molecule has 2 heterocycles. The first-order valence-electron chi connectivity index (χ1n) is 14.9. The minimum atomic E-state index is -0.465. The third-order valence-corrected chi connectivity index (χ3v) is 8.75. The molecule has 0 saturated heterocycles. The number of esters is 1. The lowest BCUT2D eigenvalue weighted by Crippen LogP contribution is -2.02. The predicted octanol–water partition coefficient (Wildman–Crippen LogP) is 9.25. The van der Waals surface area contributed by atoms with Crippen LogP contribution in [0.3, 0.4) is 0 Å². The van der Waals surface area contributed by atoms with Gasteiger partial charge in [0.25, 0.3) is 0 Å². The molecule has 4 aromatic carbocycles. The number of benzene rings is 4. The number of hydrogen-bond acceptors (Lipinski definition) is 2. The van der Waals surface area contributed by atoms with Crippen LogP contribution in [0.25, 0.3) is 56.5 Å². The van der Waals surface area contributed by atoms with Crippen LogP contribution in [-0.4, -0.2) is 15.1 Å². The summed E-state index contributed by atoms with van der Waals surface area (Å²) in [5.41, 5.74) is 12.5. The Morgan fingerprint density at radius 1 is 0.674 bits per heavy atom. The molecule has 0 atom stereocenters. The van der Waals surface area contributed by atoms with Crippen molar-refractivity contribution < 1.29 is 9.53 Å². The lowest BCUT2D eigenvalue weighted by atomic mass is 9.94. The van der Waals surface area contributed by atoms with E-state index in [1.54, 1.807) is 0 Å². The van der Waals surface area contributed by atoms with Crippen LogP contribution in [0.1, 0.15) is 35.4 Å². The van der Waals surface area contributed by atoms with Crippen molar-refractivity contribution in [3.63, 3.8) is 0 Å². The molecule has 0 fully saturated rings. The lowest BCUT2D eigenvalue weighted by Gasteiger charge is -2.14. The number of rotatable bonds is 5. The Balaban J connectivity index is 1.15. The first kappa shape index (κ1) is 25.4. The van der Waals surface area contributed by atoms with Crippen molar-refractivity contribution in [2.24, 2.45) is 0 Å². The molecule has 0 spiro atoms. The van der Waals surface area contributed by atoms with Gasteiger partial charge in [0.1, 0.15) is 5.75 Å². The fraction of sp³-hybridized carbons (Fsp3) is 0.103. The number of carbonyl (C=O) groups excluding carboxylic acids is 1. The second kappa shape index (κ2) is 10.2. The summed E-state index contributed by atoms with van der Waals surface area (Å²) in [5, 5.41) is 2.14. The number of fused-ring (bicyclic) bond motifs is 6. The van der Waals surface area contributed by atoms with Gasteiger partial charge < -0.3 is 13.9 Å². The molecule has 0 bridgehead atoms. The summed E-state index contributed by atoms with van der Waals surface area (Å²) in [4.78, 5) is 11.8. The van der Waals surface area contributed by atoms with Crippen LogP contribution in [0.5, 0.6) is 5.75 Å². The van der Waals surface area contributed by atoms with E-state index in [1.165, 1.54) is 45.4 Å². The Labute approximate surface area is 250 Å². The zero-order chi connectivity index (χ0) is 28.9. The number of ether oxygens (including phenoxy) is 1. The molecule has 4 heteroatoms. The van der Waals surface area contributed by atoms with Crippen LogP contribution < -0.4 is 4.74 Å². The number of aromatic nitrogens is 2. The molecule has 208 valence electrons. The van der Waals surface area contributed by atoms with Crippen molar-refractivity contribution in [3.8, 4) is 28.3 Å². The van der Waals surface area contributed by atoms with E-state index in [-0.39, 0.29) is 0 Å². The monoisotopic (exact) mass is 558 g/mol. The average molecular weight is 559 g/mol. The highest BCUT2D eigenvalue weighted by Gasteiger charge is 2.23. The average Bonchev–Trinajstić information content (AvgIpc) is 3.58. The minimum Gasteiger partial charge on any atom is -0.423 e. The molecule has 43 heavy (non-hydrogen) atoms. The van der Waals surface area contributed by atoms with Crippen molar-refractivity contribution in [2.45, 2.75) is 25.7 Å². The van der Waals surface area contributed by atoms with Gasteiger partial charge in [0.15, 0.2) is 0 Å². The molecule has 0 unspecified atom stereocenters. The van der Waals surface area contributed by atoms with Gasteiger partial charge in [-0.3, -0.25) is 0 Å². The van der Waals surface area contributed by atoms with Gasteiger partial charge in [-0.05, 0) is 109 Å². The van der Waals surface area contributed by atoms with Crippen molar-refractivity contribution in [1.29, 1.82) is 0 Å². The van der Waals surface area contributed by atoms with Gasteiger partial charge >= 0.3 is 5.97 Å². The lowest BCUT2D eigenvalue weighted by molar-refractivity contribution is -0.128. The van der Waals surface area contributed by atoms with E-state index < -0.39 is 5.97 Å². The van der Waals surface area contributed by atoms with Crippen molar-refractivity contribution in [2.75, 3.05) is 0 Å². The van der Waals surface area contributed by atoms with Gasteiger partial charge in [0, 0.05) is 39.6 Å². The van der Waals surface area contributed by atoms with E-state index in [0.29, 0.717) is 5.75 Å². The quantitative estimate of drug-likeness (QED) is 0.120. The van der Waals surface area contributed by atoms with E-state index in [9.17, 15) is 4.79 Å². The molecule has 8 rings (SSSR count). The number of hydrogen-bond donors (Lipinski definition) is 0. The maximum Gasteiger partial charge on any atom is 0.335 e. The third kappa shape index (κ3) is 4.18. The number of allylic oxidation sites excluding steroid dienone is 2. The molecular weight excluding hydrogens is 528 g/mol. The molecule has 2 aliphatic carbocycles. The SMILES string of the molecule is C=CC(=O)Oc1ccc2c(c1)c1ccccc1n2-c1ccc(-c2ccc(-n3c4c(c5c3C=CCC5)CCC=C4)cc2)cc1. The van der Waals surface area contributed by atoms with Gasteiger partial charge in [-0.15, -0.1) is 0 Å². The highest BCUT2D eigenvalue weighted by molar-refractivity contribution is 6.09. The second-order valence-electron chi connectivity index (χ2n) is 11.2. The Morgan fingerprint density at radius 3 is 1.88 bits per heavy atom. The van der Waals surface area contributed by atoms with Crippen LogP contribution in [0.4, 0.5) is 0 Å². The summed E-state index contributed by atoms with van der Waals surface area (Å²) >= 11 is 0. The van der Waals surface area contributed by atoms with Gasteiger partial charge in [-0.2, -0.15) is 0 Å². The smallest absolute Gasteiger partial charge is 0.335 e. The van der Waals surface area contributed by atoms with Gasteiger partial charge in [-0.1, -0.05) is 61.2 Å². The summed E-state index contributed by atoms with van der Waals surface area (Å²) in [6.45, 7) is 3.50. The topological polar surface area (TPSA) is 36.2 Å². The van der Waals surface area contributed by atoms with E-state index in [2.05, 4.69) is 107 Å². The summed E-state index contributed by atoms with van der Waals surface area (Å²) in [6, 6.07) is 31.8. The van der Waals surface area contributed by atoms with Crippen LogP contribution in [0, 0.1) is 0 Å².